The number of rotatable bonds is 6. The Bertz CT molecular complexity index is 494. The molecule has 1 atom stereocenters. The molecule has 1 aliphatic heterocycles. The van der Waals surface area contributed by atoms with Crippen LogP contribution in [0.5, 0.6) is 0 Å². The Morgan fingerprint density at radius 2 is 1.83 bits per heavy atom. The minimum atomic E-state index is -4.82. The Morgan fingerprint density at radius 3 is 2.33 bits per heavy atom. The lowest BCUT2D eigenvalue weighted by molar-refractivity contribution is -0.177. The van der Waals surface area contributed by atoms with E-state index in [0.717, 1.165) is 0 Å². The average molecular weight is 349 g/mol. The maximum Gasteiger partial charge on any atom is 0.450 e. The zero-order valence-corrected chi connectivity index (χ0v) is 13.8. The molecule has 1 unspecified atom stereocenters. The highest BCUT2D eigenvalue weighted by atomic mass is 19.4. The second-order valence-electron chi connectivity index (χ2n) is 5.75. The van der Waals surface area contributed by atoms with E-state index in [1.807, 2.05) is 0 Å². The summed E-state index contributed by atoms with van der Waals surface area (Å²) in [6.45, 7) is 3.91. The number of Topliss-reactive ketones (excluding diaryl/α,β-unsaturated/α-hetero) is 1. The van der Waals surface area contributed by atoms with Gasteiger partial charge in [-0.1, -0.05) is 13.0 Å². The predicted molar refractivity (Wildman–Crippen MR) is 79.9 cm³/mol. The molecule has 5 nitrogen and oxygen atoms in total. The van der Waals surface area contributed by atoms with Crippen molar-refractivity contribution in [2.45, 2.75) is 39.3 Å². The number of hydrogen-bond acceptors (Lipinski definition) is 4. The molecule has 0 bridgehead atoms. The number of ketones is 1. The number of hydrogen-bond donors (Lipinski definition) is 0. The largest absolute Gasteiger partial charge is 0.463 e. The number of carbonyl (C=O) groups is 3. The molecule has 0 aromatic rings. The molecule has 1 heterocycles. The summed E-state index contributed by atoms with van der Waals surface area (Å²) in [5.74, 6) is -3.84. The van der Waals surface area contributed by atoms with Gasteiger partial charge in [-0.2, -0.15) is 13.2 Å². The molecule has 8 heteroatoms. The number of likely N-dealkylation sites (tertiary alicyclic amines) is 1. The van der Waals surface area contributed by atoms with Gasteiger partial charge in [-0.05, 0) is 26.2 Å². The summed E-state index contributed by atoms with van der Waals surface area (Å²) in [5.41, 5.74) is 0. The maximum atomic E-state index is 12.4. The first-order valence-electron chi connectivity index (χ1n) is 7.89. The Kier molecular flexibility index (Phi) is 7.44. The number of carbonyl (C=O) groups excluding carboxylic acids is 3. The molecule has 24 heavy (non-hydrogen) atoms. The number of halogens is 3. The van der Waals surface area contributed by atoms with Crippen molar-refractivity contribution in [1.29, 1.82) is 0 Å². The topological polar surface area (TPSA) is 63.7 Å². The van der Waals surface area contributed by atoms with Gasteiger partial charge in [0, 0.05) is 31.0 Å². The summed E-state index contributed by atoms with van der Waals surface area (Å²) in [6, 6.07) is 0. The zero-order chi connectivity index (χ0) is 18.3. The number of piperidine rings is 1. The van der Waals surface area contributed by atoms with Crippen LogP contribution in [-0.4, -0.2) is 48.4 Å². The molecular formula is C16H22F3NO4. The van der Waals surface area contributed by atoms with Crippen molar-refractivity contribution < 1.29 is 32.3 Å². The van der Waals surface area contributed by atoms with Gasteiger partial charge in [-0.25, -0.2) is 4.79 Å². The molecule has 0 spiro atoms. The van der Waals surface area contributed by atoms with Gasteiger partial charge >= 0.3 is 12.1 Å². The molecule has 0 aromatic carbocycles. The van der Waals surface area contributed by atoms with Gasteiger partial charge in [0.25, 0.3) is 0 Å². The molecule has 1 aliphatic rings. The van der Waals surface area contributed by atoms with Gasteiger partial charge < -0.3 is 9.64 Å². The van der Waals surface area contributed by atoms with Crippen molar-refractivity contribution in [2.75, 3.05) is 19.7 Å². The van der Waals surface area contributed by atoms with E-state index in [9.17, 15) is 27.6 Å². The minimum absolute atomic E-state index is 0.0233. The monoisotopic (exact) mass is 349 g/mol. The summed E-state index contributed by atoms with van der Waals surface area (Å²) >= 11 is 0. The van der Waals surface area contributed by atoms with Crippen LogP contribution in [0.2, 0.25) is 0 Å². The van der Waals surface area contributed by atoms with Crippen LogP contribution in [0.25, 0.3) is 0 Å². The highest BCUT2D eigenvalue weighted by Gasteiger charge is 2.44. The first kappa shape index (κ1) is 20.2. The van der Waals surface area contributed by atoms with Crippen molar-refractivity contribution >= 4 is 17.7 Å². The smallest absolute Gasteiger partial charge is 0.450 e. The van der Waals surface area contributed by atoms with Gasteiger partial charge in [0.05, 0.1) is 6.61 Å². The van der Waals surface area contributed by atoms with E-state index in [1.165, 1.54) is 11.0 Å². The molecule has 0 aliphatic carbocycles. The zero-order valence-electron chi connectivity index (χ0n) is 13.8. The van der Waals surface area contributed by atoms with Crippen LogP contribution in [0.15, 0.2) is 12.2 Å². The van der Waals surface area contributed by atoms with Crippen LogP contribution in [0.3, 0.4) is 0 Å². The second kappa shape index (κ2) is 8.84. The first-order valence-corrected chi connectivity index (χ1v) is 7.89. The number of alkyl halides is 3. The number of amides is 1. The normalized spacial score (nSPS) is 17.8. The lowest BCUT2D eigenvalue weighted by Crippen LogP contribution is -2.44. The molecule has 0 saturated carbocycles. The van der Waals surface area contributed by atoms with Crippen LogP contribution in [0, 0.1) is 11.8 Å². The SMILES string of the molecule is CCOC(=O)/C=C/CC(C)C(=O)N1CCC(C(=O)C(F)(F)F)CC1. The van der Waals surface area contributed by atoms with Gasteiger partial charge in [-0.3, -0.25) is 9.59 Å². The minimum Gasteiger partial charge on any atom is -0.463 e. The lowest BCUT2D eigenvalue weighted by atomic mass is 9.91. The molecule has 0 aromatic heterocycles. The van der Waals surface area contributed by atoms with E-state index >= 15 is 0 Å². The molecule has 1 amide bonds. The lowest BCUT2D eigenvalue weighted by Gasteiger charge is -2.33. The van der Waals surface area contributed by atoms with Crippen molar-refractivity contribution in [3.63, 3.8) is 0 Å². The van der Waals surface area contributed by atoms with Gasteiger partial charge in [-0.15, -0.1) is 0 Å². The Labute approximate surface area is 138 Å². The third kappa shape index (κ3) is 5.98. The van der Waals surface area contributed by atoms with Gasteiger partial charge in [0.2, 0.25) is 11.7 Å². The number of allylic oxidation sites excluding steroid dienone is 1. The second-order valence-corrected chi connectivity index (χ2v) is 5.75. The highest BCUT2D eigenvalue weighted by molar-refractivity contribution is 5.87. The molecule has 0 radical (unpaired) electrons. The van der Waals surface area contributed by atoms with Crippen LogP contribution in [-0.2, 0) is 19.1 Å². The van der Waals surface area contributed by atoms with Gasteiger partial charge in [0.15, 0.2) is 0 Å². The standard InChI is InChI=1S/C16H22F3NO4/c1-3-24-13(21)6-4-5-11(2)15(23)20-9-7-12(8-10-20)14(22)16(17,18)19/h4,6,11-12H,3,5,7-10H2,1-2H3/b6-4+. The van der Waals surface area contributed by atoms with E-state index < -0.39 is 29.8 Å². The summed E-state index contributed by atoms with van der Waals surface area (Å²) < 4.78 is 41.9. The Hall–Kier alpha value is -1.86. The fourth-order valence-electron chi connectivity index (χ4n) is 2.56. The number of ether oxygens (including phenoxy) is 1. The van der Waals surface area contributed by atoms with E-state index in [2.05, 4.69) is 0 Å². The Morgan fingerprint density at radius 1 is 1.25 bits per heavy atom. The molecule has 1 fully saturated rings. The molecular weight excluding hydrogens is 327 g/mol. The summed E-state index contributed by atoms with van der Waals surface area (Å²) in [4.78, 5) is 36.1. The fraction of sp³-hybridized carbons (Fsp3) is 0.688. The summed E-state index contributed by atoms with van der Waals surface area (Å²) in [6.07, 6.45) is -1.64. The molecule has 0 N–H and O–H groups in total. The molecule has 1 saturated heterocycles. The van der Waals surface area contributed by atoms with Crippen LogP contribution in [0.4, 0.5) is 13.2 Å². The van der Waals surface area contributed by atoms with E-state index in [-0.39, 0.29) is 38.4 Å². The summed E-state index contributed by atoms with van der Waals surface area (Å²) in [5, 5.41) is 0. The third-order valence-electron chi connectivity index (χ3n) is 3.91. The Balaban J connectivity index is 2.45. The number of esters is 1. The van der Waals surface area contributed by atoms with E-state index in [0.29, 0.717) is 6.42 Å². The van der Waals surface area contributed by atoms with Crippen molar-refractivity contribution in [1.82, 2.24) is 4.90 Å². The highest BCUT2D eigenvalue weighted by Crippen LogP contribution is 2.28. The van der Waals surface area contributed by atoms with E-state index in [4.69, 9.17) is 4.74 Å². The quantitative estimate of drug-likeness (QED) is 0.546. The number of nitrogens with zero attached hydrogens (tertiary/aromatic N) is 1. The predicted octanol–water partition coefficient (Wildman–Crippen LogP) is 2.50. The van der Waals surface area contributed by atoms with Crippen molar-refractivity contribution in [3.05, 3.63) is 12.2 Å². The van der Waals surface area contributed by atoms with Crippen molar-refractivity contribution in [3.8, 4) is 0 Å². The van der Waals surface area contributed by atoms with Crippen LogP contribution in [0.1, 0.15) is 33.1 Å². The fourth-order valence-corrected chi connectivity index (χ4v) is 2.56. The first-order chi connectivity index (χ1) is 11.2. The van der Waals surface area contributed by atoms with Crippen LogP contribution >= 0.6 is 0 Å². The van der Waals surface area contributed by atoms with Crippen LogP contribution < -0.4 is 0 Å². The van der Waals surface area contributed by atoms with Crippen molar-refractivity contribution in [2.24, 2.45) is 11.8 Å². The maximum absolute atomic E-state index is 12.4. The van der Waals surface area contributed by atoms with Gasteiger partial charge in [0.1, 0.15) is 0 Å². The average Bonchev–Trinajstić information content (AvgIpc) is 2.53. The molecule has 1 rings (SSSR count). The summed E-state index contributed by atoms with van der Waals surface area (Å²) in [7, 11) is 0. The third-order valence-corrected chi connectivity index (χ3v) is 3.91. The molecule has 136 valence electrons. The van der Waals surface area contributed by atoms with E-state index in [1.54, 1.807) is 19.9 Å².